The summed E-state index contributed by atoms with van der Waals surface area (Å²) in [4.78, 5) is 4.81. The second-order valence-electron chi connectivity index (χ2n) is 20.3. The molecule has 79 heavy (non-hydrogen) atoms. The fourth-order valence-corrected chi connectivity index (χ4v) is 10.4. The van der Waals surface area contributed by atoms with Crippen LogP contribution in [0.15, 0.2) is 205 Å². The zero-order chi connectivity index (χ0) is 73.6. The number of imidazole rings is 1. The molecule has 390 valence electrons. The van der Waals surface area contributed by atoms with Gasteiger partial charge in [-0.25, -0.2) is 4.98 Å². The maximum Gasteiger partial charge on any atom is 0.268 e. The smallest absolute Gasteiger partial charge is 0.268 e. The van der Waals surface area contributed by atoms with Crippen molar-refractivity contribution in [2.45, 2.75) is 77.2 Å². The van der Waals surface area contributed by atoms with Crippen molar-refractivity contribution in [1.29, 1.82) is 0 Å². The Kier molecular flexibility index (Phi) is 7.24. The first-order chi connectivity index (χ1) is 47.6. The van der Waals surface area contributed by atoms with Crippen molar-refractivity contribution in [2.75, 3.05) is 0 Å². The normalized spacial score (nSPS) is 20.3. The fourth-order valence-electron chi connectivity index (χ4n) is 10.4. The molecule has 0 saturated heterocycles. The van der Waals surface area contributed by atoms with Gasteiger partial charge in [0.1, 0.15) is 17.0 Å². The molecule has 4 aromatic heterocycles. The Morgan fingerprint density at radius 2 is 1.37 bits per heavy atom. The van der Waals surface area contributed by atoms with Gasteiger partial charge < -0.3 is 18.3 Å². The molecule has 7 heteroatoms. The van der Waals surface area contributed by atoms with Crippen LogP contribution in [0.2, 0.25) is 0 Å². The van der Waals surface area contributed by atoms with Gasteiger partial charge in [-0.15, -0.1) is 29.7 Å². The average Bonchev–Trinajstić information content (AvgIpc) is 1.20. The summed E-state index contributed by atoms with van der Waals surface area (Å²) < 4.78 is 240. The number of pyridine rings is 1. The SMILES string of the molecule is [2H]c1c([2H])c([2H])c(-c2cccc(-c3c([2H])c([2H])c4c(c3[2H])C(C([2H])([2H])[2H])(C([2H])([2H])[2H])C([2H])([2H])C([2H])([2H])C4(C([2H])([2H])[2H])C([2H])([2H])[2H])c2-[n+]2[c-]n(-c3[c-]c(Oc4[c-]c5c(cc4)c4ccccc4n5-c4cc(C(C)(C)C)ccn4)ccc3)c3cc4oc5cc(-c6ccccc6)ccc5c4cc32)c([2H])c1[2H].[Pt]. The molecule has 0 fully saturated rings. The largest absolute Gasteiger partial charge is 0.510 e. The molecule has 14 rings (SSSR count). The van der Waals surface area contributed by atoms with E-state index in [0.717, 1.165) is 33.0 Å². The second kappa shape index (κ2) is 19.0. The van der Waals surface area contributed by atoms with E-state index in [0.29, 0.717) is 33.3 Å². The molecule has 0 spiro atoms. The van der Waals surface area contributed by atoms with Crippen LogP contribution in [-0.2, 0) is 37.3 Å². The van der Waals surface area contributed by atoms with Crippen LogP contribution >= 0.6 is 0 Å². The van der Waals surface area contributed by atoms with Crippen molar-refractivity contribution in [3.63, 3.8) is 0 Å². The maximum absolute atomic E-state index is 10.4. The summed E-state index contributed by atoms with van der Waals surface area (Å²) in [6, 6.07) is 40.9. The van der Waals surface area contributed by atoms with Gasteiger partial charge >= 0.3 is 0 Å². The number of fused-ring (bicyclic) bond motifs is 8. The Labute approximate surface area is 509 Å². The quantitative estimate of drug-likeness (QED) is 0.113. The van der Waals surface area contributed by atoms with Crippen LogP contribution in [-0.4, -0.2) is 14.1 Å². The standard InChI is InChI=1S/C72H58N4O2.Pt/c1-70(2,3)50-34-37-73-68(40-50)76-62-27-15-14-24-56(62)57-32-30-53(42-63(57)76)77-52-23-16-22-51(41-52)74-45-75(64-43-59-58-31-28-48(46-18-10-8-11-19-46)39-66(58)78-67(59)44-65(64)74)69-54(47-20-12-9-13-21-47)25-17-26-55(69)49-29-33-60-61(38-49)72(6,7)36-35-71(60,4)5;/h8-34,37-40,43-44H,35-36H2,1-7H3;/q-2;/i4D3,5D3,6D3,7D3,9D,12D,13D,20D,21D,29D,33D,35D2,36D2,38D;. The van der Waals surface area contributed by atoms with E-state index in [2.05, 4.69) is 39.2 Å². The number of ether oxygens (including phenoxy) is 1. The Bertz CT molecular complexity index is 5630. The average molecular weight is 1230 g/mol. The van der Waals surface area contributed by atoms with Gasteiger partial charge in [0, 0.05) is 77.0 Å². The molecule has 1 aliphatic rings. The minimum atomic E-state index is -4.65. The minimum Gasteiger partial charge on any atom is -0.510 e. The van der Waals surface area contributed by atoms with E-state index < -0.39 is 133 Å². The van der Waals surface area contributed by atoms with E-state index >= 15 is 0 Å². The molecular formula is C72H58N4O2Pt-2. The number of para-hydroxylation sites is 2. The Hall–Kier alpha value is -8.31. The van der Waals surface area contributed by atoms with Crippen LogP contribution in [0.3, 0.4) is 0 Å². The first-order valence-electron chi connectivity index (χ1n) is 37.0. The Balaban J connectivity index is 0.00000945. The number of hydrogen-bond acceptors (Lipinski definition) is 3. The third-order valence-corrected chi connectivity index (χ3v) is 14.3. The van der Waals surface area contributed by atoms with Gasteiger partial charge in [0.2, 0.25) is 0 Å². The molecule has 13 aromatic rings. The van der Waals surface area contributed by atoms with Gasteiger partial charge in [0.15, 0.2) is 0 Å². The zero-order valence-corrected chi connectivity index (χ0v) is 44.6. The number of hydrogen-bond donors (Lipinski definition) is 0. The molecule has 0 unspecified atom stereocenters. The molecule has 0 bridgehead atoms. The second-order valence-corrected chi connectivity index (χ2v) is 20.3. The van der Waals surface area contributed by atoms with Crippen molar-refractivity contribution in [3.05, 3.63) is 235 Å². The monoisotopic (exact) mass is 1230 g/mol. The van der Waals surface area contributed by atoms with Gasteiger partial charge in [-0.2, -0.15) is 18.2 Å². The Morgan fingerprint density at radius 1 is 0.633 bits per heavy atom. The first kappa shape index (κ1) is 30.2. The van der Waals surface area contributed by atoms with Crippen molar-refractivity contribution < 1.29 is 67.7 Å². The maximum atomic E-state index is 10.4. The van der Waals surface area contributed by atoms with Crippen LogP contribution in [0.5, 0.6) is 11.5 Å². The van der Waals surface area contributed by atoms with E-state index in [4.69, 9.17) is 34.7 Å². The molecule has 0 aliphatic heterocycles. The summed E-state index contributed by atoms with van der Waals surface area (Å²) in [7, 11) is 0. The fraction of sp³-hybridized carbons (Fsp3) is 0.167. The summed E-state index contributed by atoms with van der Waals surface area (Å²) in [6.45, 7) is -11.1. The number of benzene rings is 9. The van der Waals surface area contributed by atoms with E-state index in [-0.39, 0.29) is 60.3 Å². The number of aromatic nitrogens is 4. The van der Waals surface area contributed by atoms with E-state index in [1.165, 1.54) is 27.3 Å². The van der Waals surface area contributed by atoms with Gasteiger partial charge in [-0.1, -0.05) is 175 Å². The summed E-state index contributed by atoms with van der Waals surface area (Å²) in [6.07, 6.45) is -4.19. The number of furan rings is 1. The van der Waals surface area contributed by atoms with Gasteiger partial charge in [-0.05, 0) is 133 Å². The molecule has 4 heterocycles. The third-order valence-electron chi connectivity index (χ3n) is 14.3. The number of nitrogens with zero attached hydrogens (tertiary/aromatic N) is 4. The summed E-state index contributed by atoms with van der Waals surface area (Å²) >= 11 is 0. The third kappa shape index (κ3) is 8.60. The molecule has 0 saturated carbocycles. The first-order valence-corrected chi connectivity index (χ1v) is 25.0. The van der Waals surface area contributed by atoms with E-state index in [9.17, 15) is 12.3 Å². The predicted molar refractivity (Wildman–Crippen MR) is 318 cm³/mol. The van der Waals surface area contributed by atoms with Crippen molar-refractivity contribution >= 4 is 54.8 Å². The Morgan fingerprint density at radius 3 is 2.18 bits per heavy atom. The molecule has 0 radical (unpaired) electrons. The van der Waals surface area contributed by atoms with E-state index in [1.807, 2.05) is 95.6 Å². The van der Waals surface area contributed by atoms with Gasteiger partial charge in [0.25, 0.3) is 6.33 Å². The van der Waals surface area contributed by atoms with Crippen LogP contribution in [0.1, 0.15) is 111 Å². The minimum absolute atomic E-state index is 0. The number of rotatable bonds is 8. The zero-order valence-electron chi connectivity index (χ0n) is 66.4. The van der Waals surface area contributed by atoms with E-state index in [1.54, 1.807) is 42.6 Å². The summed E-state index contributed by atoms with van der Waals surface area (Å²) in [5, 5.41) is 2.81. The molecule has 0 N–H and O–H groups in total. The van der Waals surface area contributed by atoms with Crippen LogP contribution in [0, 0.1) is 18.5 Å². The van der Waals surface area contributed by atoms with Crippen LogP contribution in [0.25, 0.3) is 105 Å². The molecule has 9 aromatic carbocycles. The van der Waals surface area contributed by atoms with Gasteiger partial charge in [-0.3, -0.25) is 4.57 Å². The summed E-state index contributed by atoms with van der Waals surface area (Å²) in [5.41, 5.74) is -9.83. The summed E-state index contributed by atoms with van der Waals surface area (Å²) in [5.74, 6) is 1.04. The molecule has 1 aliphatic carbocycles. The van der Waals surface area contributed by atoms with Gasteiger partial charge in [0.05, 0.1) is 27.7 Å². The molecule has 0 atom stereocenters. The van der Waals surface area contributed by atoms with Crippen LogP contribution in [0.4, 0.5) is 0 Å². The van der Waals surface area contributed by atoms with Crippen LogP contribution < -0.4 is 9.30 Å². The van der Waals surface area contributed by atoms with Crippen molar-refractivity contribution in [3.8, 4) is 62.1 Å². The predicted octanol–water partition coefficient (Wildman–Crippen LogP) is 18.1. The topological polar surface area (TPSA) is 49.0 Å². The molecular weight excluding hydrogens is 1150 g/mol. The molecule has 0 amide bonds. The van der Waals surface area contributed by atoms with Crippen molar-refractivity contribution in [1.82, 2.24) is 14.1 Å². The van der Waals surface area contributed by atoms with Crippen molar-refractivity contribution in [2.24, 2.45) is 0 Å². The molecule has 6 nitrogen and oxygen atoms in total.